The zero-order chi connectivity index (χ0) is 24.2. The van der Waals surface area contributed by atoms with Gasteiger partial charge in [0.2, 0.25) is 10.0 Å². The maximum atomic E-state index is 13.0. The van der Waals surface area contributed by atoms with E-state index in [-0.39, 0.29) is 42.5 Å². The Labute approximate surface area is 195 Å². The van der Waals surface area contributed by atoms with Gasteiger partial charge in [-0.2, -0.15) is 9.57 Å². The van der Waals surface area contributed by atoms with Gasteiger partial charge in [0.15, 0.2) is 6.61 Å². The molecule has 0 saturated carbocycles. The first-order valence-electron chi connectivity index (χ1n) is 9.92. The summed E-state index contributed by atoms with van der Waals surface area (Å²) in [5.41, 5.74) is 1.10. The third kappa shape index (κ3) is 5.33. The molecule has 3 rings (SSSR count). The lowest BCUT2D eigenvalue weighted by Gasteiger charge is -2.26. The summed E-state index contributed by atoms with van der Waals surface area (Å²) in [5, 5.41) is 12.2. The molecule has 2 heterocycles. The molecule has 2 aromatic rings. The second-order valence-corrected chi connectivity index (χ2v) is 10.2. The van der Waals surface area contributed by atoms with Gasteiger partial charge in [-0.1, -0.05) is 0 Å². The fourth-order valence-corrected chi connectivity index (χ4v) is 5.77. The van der Waals surface area contributed by atoms with E-state index in [0.29, 0.717) is 10.6 Å². The van der Waals surface area contributed by atoms with Gasteiger partial charge in [-0.25, -0.2) is 13.2 Å². The molecule has 1 N–H and O–H groups in total. The van der Waals surface area contributed by atoms with Crippen molar-refractivity contribution in [2.45, 2.75) is 18.7 Å². The van der Waals surface area contributed by atoms with E-state index in [4.69, 9.17) is 14.2 Å². The van der Waals surface area contributed by atoms with Crippen LogP contribution in [-0.2, 0) is 24.3 Å². The summed E-state index contributed by atoms with van der Waals surface area (Å²) in [4.78, 5) is 25.5. The molecule has 1 amide bonds. The highest BCUT2D eigenvalue weighted by Crippen LogP contribution is 2.32. The van der Waals surface area contributed by atoms with Crippen LogP contribution in [0.15, 0.2) is 23.1 Å². The Morgan fingerprint density at radius 2 is 1.97 bits per heavy atom. The summed E-state index contributed by atoms with van der Waals surface area (Å²) in [6.07, 6.45) is 0. The van der Waals surface area contributed by atoms with Crippen molar-refractivity contribution in [3.63, 3.8) is 0 Å². The number of hydrogen-bond donors (Lipinski definition) is 1. The average Bonchev–Trinajstić information content (AvgIpc) is 3.09. The predicted molar refractivity (Wildman–Crippen MR) is 120 cm³/mol. The SMILES string of the molecule is COc1ccc(C(=O)OCC(=O)Nc2sc(C)c(C)c2C#N)cc1S(=O)(=O)N1CCOCC1. The van der Waals surface area contributed by atoms with E-state index in [9.17, 15) is 23.3 Å². The second kappa shape index (κ2) is 10.3. The van der Waals surface area contributed by atoms with E-state index >= 15 is 0 Å². The summed E-state index contributed by atoms with van der Waals surface area (Å²) in [6.45, 7) is 3.94. The van der Waals surface area contributed by atoms with Crippen molar-refractivity contribution in [3.05, 3.63) is 39.8 Å². The highest BCUT2D eigenvalue weighted by Gasteiger charge is 2.30. The monoisotopic (exact) mass is 493 g/mol. The van der Waals surface area contributed by atoms with Crippen LogP contribution in [0.5, 0.6) is 5.75 Å². The fraction of sp³-hybridized carbons (Fsp3) is 0.381. The summed E-state index contributed by atoms with van der Waals surface area (Å²) >= 11 is 1.26. The van der Waals surface area contributed by atoms with Crippen molar-refractivity contribution in [2.24, 2.45) is 0 Å². The molecule has 0 aliphatic carbocycles. The topological polar surface area (TPSA) is 135 Å². The number of esters is 1. The molecule has 33 heavy (non-hydrogen) atoms. The Morgan fingerprint density at radius 1 is 1.27 bits per heavy atom. The van der Waals surface area contributed by atoms with Crippen LogP contribution in [0.25, 0.3) is 0 Å². The molecule has 0 radical (unpaired) electrons. The highest BCUT2D eigenvalue weighted by atomic mass is 32.2. The molecular formula is C21H23N3O7S2. The van der Waals surface area contributed by atoms with Crippen LogP contribution in [0.1, 0.15) is 26.4 Å². The molecule has 1 saturated heterocycles. The fourth-order valence-electron chi connectivity index (χ4n) is 3.16. The molecule has 1 aromatic heterocycles. The van der Waals surface area contributed by atoms with Gasteiger partial charge in [-0.05, 0) is 37.6 Å². The third-order valence-electron chi connectivity index (χ3n) is 5.07. The van der Waals surface area contributed by atoms with E-state index in [1.807, 2.05) is 13.0 Å². The number of thiophene rings is 1. The van der Waals surface area contributed by atoms with Crippen LogP contribution >= 0.6 is 11.3 Å². The van der Waals surface area contributed by atoms with E-state index < -0.39 is 28.5 Å². The number of sulfonamides is 1. The summed E-state index contributed by atoms with van der Waals surface area (Å²) in [6, 6.07) is 5.94. The van der Waals surface area contributed by atoms with Crippen molar-refractivity contribution in [3.8, 4) is 11.8 Å². The molecule has 0 bridgehead atoms. The van der Waals surface area contributed by atoms with Crippen molar-refractivity contribution in [1.82, 2.24) is 4.31 Å². The van der Waals surface area contributed by atoms with Gasteiger partial charge < -0.3 is 19.5 Å². The number of carbonyl (C=O) groups is 2. The van der Waals surface area contributed by atoms with Gasteiger partial charge >= 0.3 is 5.97 Å². The molecule has 176 valence electrons. The summed E-state index contributed by atoms with van der Waals surface area (Å²) in [7, 11) is -2.60. The van der Waals surface area contributed by atoms with E-state index in [1.165, 1.54) is 41.0 Å². The Kier molecular flexibility index (Phi) is 7.70. The van der Waals surface area contributed by atoms with Crippen molar-refractivity contribution >= 4 is 38.2 Å². The summed E-state index contributed by atoms with van der Waals surface area (Å²) in [5.74, 6) is -1.40. The maximum Gasteiger partial charge on any atom is 0.338 e. The molecule has 1 aliphatic heterocycles. The maximum absolute atomic E-state index is 13.0. The van der Waals surface area contributed by atoms with Gasteiger partial charge in [-0.15, -0.1) is 11.3 Å². The van der Waals surface area contributed by atoms with Gasteiger partial charge in [0, 0.05) is 18.0 Å². The van der Waals surface area contributed by atoms with Crippen molar-refractivity contribution < 1.29 is 32.2 Å². The van der Waals surface area contributed by atoms with E-state index in [2.05, 4.69) is 5.32 Å². The van der Waals surface area contributed by atoms with Crippen LogP contribution in [0.3, 0.4) is 0 Å². The predicted octanol–water partition coefficient (Wildman–Crippen LogP) is 2.06. The number of aryl methyl sites for hydroxylation is 1. The van der Waals surface area contributed by atoms with Gasteiger partial charge in [0.05, 0.1) is 31.5 Å². The number of ether oxygens (including phenoxy) is 3. The van der Waals surface area contributed by atoms with Crippen LogP contribution in [0.4, 0.5) is 5.00 Å². The minimum absolute atomic E-state index is 0.0454. The lowest BCUT2D eigenvalue weighted by molar-refractivity contribution is -0.119. The first-order valence-corrected chi connectivity index (χ1v) is 12.2. The van der Waals surface area contributed by atoms with Crippen LogP contribution in [0, 0.1) is 25.2 Å². The Bertz CT molecular complexity index is 1210. The Hall–Kier alpha value is -2.98. The molecule has 0 spiro atoms. The number of nitrogens with zero attached hydrogens (tertiary/aromatic N) is 2. The number of amides is 1. The van der Waals surface area contributed by atoms with Gasteiger partial charge in [0.25, 0.3) is 5.91 Å². The van der Waals surface area contributed by atoms with E-state index in [0.717, 1.165) is 10.4 Å². The molecular weight excluding hydrogens is 470 g/mol. The highest BCUT2D eigenvalue weighted by molar-refractivity contribution is 7.89. The minimum atomic E-state index is -3.93. The number of morpholine rings is 1. The smallest absolute Gasteiger partial charge is 0.338 e. The number of rotatable bonds is 7. The van der Waals surface area contributed by atoms with E-state index in [1.54, 1.807) is 6.92 Å². The summed E-state index contributed by atoms with van der Waals surface area (Å²) < 4.78 is 42.8. The largest absolute Gasteiger partial charge is 0.495 e. The zero-order valence-electron chi connectivity index (χ0n) is 18.3. The number of carbonyl (C=O) groups excluding carboxylic acids is 2. The third-order valence-corrected chi connectivity index (χ3v) is 8.11. The van der Waals surface area contributed by atoms with Crippen LogP contribution < -0.4 is 10.1 Å². The van der Waals surface area contributed by atoms with Gasteiger partial charge in [0.1, 0.15) is 21.7 Å². The molecule has 12 heteroatoms. The van der Waals surface area contributed by atoms with Crippen molar-refractivity contribution in [1.29, 1.82) is 5.26 Å². The van der Waals surface area contributed by atoms with Crippen LogP contribution in [-0.4, -0.2) is 64.6 Å². The lowest BCUT2D eigenvalue weighted by atomic mass is 10.2. The normalized spacial score (nSPS) is 14.4. The molecule has 1 aliphatic rings. The Balaban J connectivity index is 1.73. The first-order chi connectivity index (χ1) is 15.7. The number of benzene rings is 1. The average molecular weight is 494 g/mol. The standard InChI is InChI=1S/C21H23N3O7S2/c1-13-14(2)32-20(16(13)11-22)23-19(25)12-31-21(26)15-4-5-17(29-3)18(10-15)33(27,28)24-6-8-30-9-7-24/h4-5,10H,6-9,12H2,1-3H3,(H,23,25). The number of hydrogen-bond acceptors (Lipinski definition) is 9. The molecule has 0 unspecified atom stereocenters. The lowest BCUT2D eigenvalue weighted by Crippen LogP contribution is -2.40. The minimum Gasteiger partial charge on any atom is -0.495 e. The molecule has 1 aromatic carbocycles. The van der Waals surface area contributed by atoms with Crippen molar-refractivity contribution in [2.75, 3.05) is 45.3 Å². The number of anilines is 1. The quantitative estimate of drug-likeness (QED) is 0.579. The first kappa shape index (κ1) is 24.7. The van der Waals surface area contributed by atoms with Gasteiger partial charge in [-0.3, -0.25) is 4.79 Å². The van der Waals surface area contributed by atoms with Crippen LogP contribution in [0.2, 0.25) is 0 Å². The molecule has 1 fully saturated rings. The number of methoxy groups -OCH3 is 1. The zero-order valence-corrected chi connectivity index (χ0v) is 20.0. The number of nitrogens with one attached hydrogen (secondary N) is 1. The molecule has 10 nitrogen and oxygen atoms in total. The number of nitriles is 1. The molecule has 0 atom stereocenters. The second-order valence-electron chi connectivity index (χ2n) is 7.11. The Morgan fingerprint density at radius 3 is 2.61 bits per heavy atom.